The molecule has 3 nitrogen and oxygen atoms in total. The Morgan fingerprint density at radius 2 is 1.73 bits per heavy atom. The van der Waals surface area contributed by atoms with Crippen LogP contribution < -0.4 is 4.74 Å². The van der Waals surface area contributed by atoms with Crippen molar-refractivity contribution in [3.8, 4) is 6.01 Å². The van der Waals surface area contributed by atoms with Gasteiger partial charge < -0.3 is 4.74 Å². The maximum Gasteiger partial charge on any atom is 0.319 e. The van der Waals surface area contributed by atoms with Gasteiger partial charge in [-0.1, -0.05) is 23.2 Å². The van der Waals surface area contributed by atoms with Gasteiger partial charge in [0.1, 0.15) is 0 Å². The molecule has 0 aliphatic carbocycles. The van der Waals surface area contributed by atoms with Gasteiger partial charge in [-0.15, -0.1) is 0 Å². The average Bonchev–Trinajstić information content (AvgIpc) is 1.99. The van der Waals surface area contributed by atoms with Crippen molar-refractivity contribution in [3.05, 3.63) is 14.8 Å². The molecule has 0 saturated heterocycles. The minimum atomic E-state index is 0.156. The van der Waals surface area contributed by atoms with Gasteiger partial charge in [0, 0.05) is 0 Å². The van der Waals surface area contributed by atoms with Crippen molar-refractivity contribution in [1.29, 1.82) is 0 Å². The van der Waals surface area contributed by atoms with E-state index >= 15 is 0 Å². The lowest BCUT2D eigenvalue weighted by Crippen LogP contribution is -1.93. The van der Waals surface area contributed by atoms with Crippen LogP contribution in [0.3, 0.4) is 0 Å². The third-order valence-electron chi connectivity index (χ3n) is 0.932. The standard InChI is InChI=1S/C5H3BrCl2N2O/c1-11-5-9-3(7)2(6)4(8)10-5/h1H3. The van der Waals surface area contributed by atoms with Crippen LogP contribution in [0.25, 0.3) is 0 Å². The van der Waals surface area contributed by atoms with Gasteiger partial charge in [0.25, 0.3) is 0 Å². The van der Waals surface area contributed by atoms with Crippen LogP contribution in [0.2, 0.25) is 10.3 Å². The van der Waals surface area contributed by atoms with E-state index in [1.54, 1.807) is 0 Å². The second kappa shape index (κ2) is 3.56. The molecular weight excluding hydrogens is 255 g/mol. The van der Waals surface area contributed by atoms with Gasteiger partial charge in [0.2, 0.25) is 0 Å². The summed E-state index contributed by atoms with van der Waals surface area (Å²) in [5, 5.41) is 0.476. The molecule has 0 fully saturated rings. The lowest BCUT2D eigenvalue weighted by atomic mass is 10.7. The number of hydrogen-bond donors (Lipinski definition) is 0. The highest BCUT2D eigenvalue weighted by Crippen LogP contribution is 2.28. The molecule has 11 heavy (non-hydrogen) atoms. The molecule has 1 rings (SSSR count). The predicted octanol–water partition coefficient (Wildman–Crippen LogP) is 2.55. The van der Waals surface area contributed by atoms with Crippen molar-refractivity contribution in [2.45, 2.75) is 0 Å². The van der Waals surface area contributed by atoms with Gasteiger partial charge in [-0.3, -0.25) is 0 Å². The third-order valence-corrected chi connectivity index (χ3v) is 2.69. The summed E-state index contributed by atoms with van der Waals surface area (Å²) in [4.78, 5) is 7.51. The van der Waals surface area contributed by atoms with E-state index in [0.717, 1.165) is 0 Å². The molecule has 0 aliphatic heterocycles. The zero-order valence-corrected chi connectivity index (χ0v) is 8.53. The van der Waals surface area contributed by atoms with Gasteiger partial charge in [-0.25, -0.2) is 0 Å². The molecule has 1 aromatic rings. The van der Waals surface area contributed by atoms with E-state index in [0.29, 0.717) is 4.47 Å². The Labute approximate surface area is 81.8 Å². The largest absolute Gasteiger partial charge is 0.467 e. The van der Waals surface area contributed by atoms with Crippen molar-refractivity contribution in [3.63, 3.8) is 0 Å². The van der Waals surface area contributed by atoms with E-state index in [1.165, 1.54) is 7.11 Å². The van der Waals surface area contributed by atoms with Crippen molar-refractivity contribution >= 4 is 39.1 Å². The van der Waals surface area contributed by atoms with E-state index in [1.807, 2.05) is 0 Å². The Morgan fingerprint density at radius 3 is 2.09 bits per heavy atom. The highest BCUT2D eigenvalue weighted by atomic mass is 79.9. The molecule has 0 unspecified atom stereocenters. The van der Waals surface area contributed by atoms with Gasteiger partial charge in [-0.05, 0) is 15.9 Å². The van der Waals surface area contributed by atoms with E-state index < -0.39 is 0 Å². The number of nitrogens with zero attached hydrogens (tertiary/aromatic N) is 2. The van der Waals surface area contributed by atoms with Gasteiger partial charge in [0.05, 0.1) is 11.6 Å². The fourth-order valence-corrected chi connectivity index (χ4v) is 1.02. The Balaban J connectivity index is 3.21. The third kappa shape index (κ3) is 1.95. The van der Waals surface area contributed by atoms with E-state index in [4.69, 9.17) is 27.9 Å². The number of aromatic nitrogens is 2. The smallest absolute Gasteiger partial charge is 0.319 e. The fourth-order valence-electron chi connectivity index (χ4n) is 0.468. The molecular formula is C5H3BrCl2N2O. The minimum Gasteiger partial charge on any atom is -0.467 e. The Kier molecular flexibility index (Phi) is 2.92. The van der Waals surface area contributed by atoms with Crippen molar-refractivity contribution < 1.29 is 4.74 Å². The summed E-state index contributed by atoms with van der Waals surface area (Å²) in [7, 11) is 1.44. The van der Waals surface area contributed by atoms with Crippen LogP contribution in [0.5, 0.6) is 6.01 Å². The second-order valence-corrected chi connectivity index (χ2v) is 3.11. The molecule has 0 aromatic carbocycles. The lowest BCUT2D eigenvalue weighted by Gasteiger charge is -2.00. The van der Waals surface area contributed by atoms with Crippen LogP contribution in [0, 0.1) is 0 Å². The molecule has 1 heterocycles. The molecule has 1 aromatic heterocycles. The molecule has 0 atom stereocenters. The number of methoxy groups -OCH3 is 1. The molecule has 0 saturated carbocycles. The van der Waals surface area contributed by atoms with Crippen LogP contribution >= 0.6 is 39.1 Å². The molecule has 0 bridgehead atoms. The second-order valence-electron chi connectivity index (χ2n) is 1.61. The van der Waals surface area contributed by atoms with Gasteiger partial charge in [0.15, 0.2) is 10.3 Å². The van der Waals surface area contributed by atoms with Crippen LogP contribution in [0.15, 0.2) is 4.47 Å². The highest BCUT2D eigenvalue weighted by molar-refractivity contribution is 9.10. The molecule has 6 heteroatoms. The quantitative estimate of drug-likeness (QED) is 0.726. The first-order valence-corrected chi connectivity index (χ1v) is 4.12. The van der Waals surface area contributed by atoms with Crippen LogP contribution in [-0.2, 0) is 0 Å². The highest BCUT2D eigenvalue weighted by Gasteiger charge is 2.07. The molecule has 0 aliphatic rings. The first-order chi connectivity index (χ1) is 5.15. The zero-order chi connectivity index (χ0) is 8.43. The summed E-state index contributed by atoms with van der Waals surface area (Å²) in [6, 6.07) is 0.156. The molecule has 0 amide bonds. The van der Waals surface area contributed by atoms with Gasteiger partial charge >= 0.3 is 6.01 Å². The summed E-state index contributed by atoms with van der Waals surface area (Å²) < 4.78 is 5.19. The maximum atomic E-state index is 5.64. The first kappa shape index (κ1) is 9.03. The lowest BCUT2D eigenvalue weighted by molar-refractivity contribution is 0.379. The number of rotatable bonds is 1. The first-order valence-electron chi connectivity index (χ1n) is 2.57. The van der Waals surface area contributed by atoms with E-state index in [9.17, 15) is 0 Å². The minimum absolute atomic E-state index is 0.156. The normalized spacial score (nSPS) is 9.82. The van der Waals surface area contributed by atoms with Crippen molar-refractivity contribution in [2.75, 3.05) is 7.11 Å². The van der Waals surface area contributed by atoms with Gasteiger partial charge in [-0.2, -0.15) is 9.97 Å². The number of ether oxygens (including phenoxy) is 1. The summed E-state index contributed by atoms with van der Waals surface area (Å²) >= 11 is 14.4. The fraction of sp³-hybridized carbons (Fsp3) is 0.200. The Bertz CT molecular complexity index is 258. The number of halogens is 3. The topological polar surface area (TPSA) is 35.0 Å². The molecule has 0 radical (unpaired) electrons. The zero-order valence-electron chi connectivity index (χ0n) is 5.44. The molecule has 60 valence electrons. The summed E-state index contributed by atoms with van der Waals surface area (Å²) in [6.07, 6.45) is 0. The maximum absolute atomic E-state index is 5.64. The predicted molar refractivity (Wildman–Crippen MR) is 46.3 cm³/mol. The SMILES string of the molecule is COc1nc(Cl)c(Br)c(Cl)n1. The van der Waals surface area contributed by atoms with Crippen molar-refractivity contribution in [1.82, 2.24) is 9.97 Å². The summed E-state index contributed by atoms with van der Waals surface area (Å²) in [5.74, 6) is 0. The monoisotopic (exact) mass is 256 g/mol. The molecule has 0 spiro atoms. The Morgan fingerprint density at radius 1 is 1.27 bits per heavy atom. The number of hydrogen-bond acceptors (Lipinski definition) is 3. The summed E-state index contributed by atoms with van der Waals surface area (Å²) in [6.45, 7) is 0. The van der Waals surface area contributed by atoms with Crippen LogP contribution in [0.1, 0.15) is 0 Å². The van der Waals surface area contributed by atoms with Crippen molar-refractivity contribution in [2.24, 2.45) is 0 Å². The Hall–Kier alpha value is -0.0600. The molecule has 0 N–H and O–H groups in total. The van der Waals surface area contributed by atoms with E-state index in [2.05, 4.69) is 25.9 Å². The van der Waals surface area contributed by atoms with E-state index in [-0.39, 0.29) is 16.3 Å². The van der Waals surface area contributed by atoms with Crippen LogP contribution in [0.4, 0.5) is 0 Å². The van der Waals surface area contributed by atoms with Crippen LogP contribution in [-0.4, -0.2) is 17.1 Å². The average molecular weight is 258 g/mol. The summed E-state index contributed by atoms with van der Waals surface area (Å²) in [5.41, 5.74) is 0.